The van der Waals surface area contributed by atoms with Crippen LogP contribution in [0.15, 0.2) is 4.79 Å². The number of fused-ring (bicyclic) bond motifs is 1. The summed E-state index contributed by atoms with van der Waals surface area (Å²) < 4.78 is 1.21. The van der Waals surface area contributed by atoms with E-state index in [1.807, 2.05) is 11.0 Å². The third-order valence-corrected chi connectivity index (χ3v) is 3.58. The largest absolute Gasteiger partial charge is 0.341 e. The van der Waals surface area contributed by atoms with Crippen LogP contribution in [0.25, 0.3) is 11.2 Å². The third-order valence-electron chi connectivity index (χ3n) is 3.58. The standard InChI is InChI=1S/C12H15N7O/c1-18-8(5-13)15-10-9(11(18)20)16-12(17-10)19-4-2-3-7(14)6-19/h7H,2-4,6,14H2,1H3,(H,16,17). The molecule has 0 aromatic carbocycles. The van der Waals surface area contributed by atoms with E-state index in [0.717, 1.165) is 19.4 Å². The second kappa shape index (κ2) is 4.61. The highest BCUT2D eigenvalue weighted by Gasteiger charge is 2.21. The summed E-state index contributed by atoms with van der Waals surface area (Å²) in [4.78, 5) is 25.6. The van der Waals surface area contributed by atoms with Crippen LogP contribution in [-0.4, -0.2) is 38.7 Å². The first-order valence-electron chi connectivity index (χ1n) is 6.47. The van der Waals surface area contributed by atoms with Gasteiger partial charge in [0.1, 0.15) is 6.07 Å². The summed E-state index contributed by atoms with van der Waals surface area (Å²) in [5, 5.41) is 8.96. The maximum atomic E-state index is 12.1. The summed E-state index contributed by atoms with van der Waals surface area (Å²) in [6.45, 7) is 1.55. The van der Waals surface area contributed by atoms with Gasteiger partial charge >= 0.3 is 0 Å². The van der Waals surface area contributed by atoms with Gasteiger partial charge in [-0.15, -0.1) is 0 Å². The molecule has 1 atom stereocenters. The van der Waals surface area contributed by atoms with E-state index in [9.17, 15) is 4.79 Å². The predicted octanol–water partition coefficient (Wildman–Crippen LogP) is -0.544. The van der Waals surface area contributed by atoms with Crippen LogP contribution in [0, 0.1) is 11.3 Å². The van der Waals surface area contributed by atoms with Gasteiger partial charge in [-0.25, -0.2) is 0 Å². The molecule has 1 aliphatic rings. The van der Waals surface area contributed by atoms with Crippen molar-refractivity contribution >= 4 is 17.1 Å². The van der Waals surface area contributed by atoms with Gasteiger partial charge in [-0.1, -0.05) is 0 Å². The van der Waals surface area contributed by atoms with E-state index in [4.69, 9.17) is 11.0 Å². The molecule has 8 nitrogen and oxygen atoms in total. The van der Waals surface area contributed by atoms with Gasteiger partial charge in [0.25, 0.3) is 5.56 Å². The van der Waals surface area contributed by atoms with Gasteiger partial charge in [-0.3, -0.25) is 9.36 Å². The smallest absolute Gasteiger partial charge is 0.280 e. The highest BCUT2D eigenvalue weighted by atomic mass is 16.1. The lowest BCUT2D eigenvalue weighted by molar-refractivity contribution is 0.501. The van der Waals surface area contributed by atoms with Crippen molar-refractivity contribution in [3.8, 4) is 6.07 Å². The monoisotopic (exact) mass is 273 g/mol. The van der Waals surface area contributed by atoms with Gasteiger partial charge in [0.15, 0.2) is 11.2 Å². The van der Waals surface area contributed by atoms with Crippen molar-refractivity contribution in [3.05, 3.63) is 16.2 Å². The van der Waals surface area contributed by atoms with Gasteiger partial charge in [0, 0.05) is 26.2 Å². The van der Waals surface area contributed by atoms with E-state index in [2.05, 4.69) is 15.0 Å². The molecule has 0 saturated carbocycles. The summed E-state index contributed by atoms with van der Waals surface area (Å²) in [7, 11) is 1.52. The number of nitrogens with zero attached hydrogens (tertiary/aromatic N) is 5. The Morgan fingerprint density at radius 3 is 3.00 bits per heavy atom. The SMILES string of the molecule is Cn1c(C#N)nc2nc(N3CCCC(N)C3)[nH]c2c1=O. The minimum atomic E-state index is -0.299. The quantitative estimate of drug-likeness (QED) is 0.720. The molecule has 20 heavy (non-hydrogen) atoms. The van der Waals surface area contributed by atoms with Crippen LogP contribution < -0.4 is 16.2 Å². The molecule has 1 fully saturated rings. The Hall–Kier alpha value is -2.40. The Morgan fingerprint density at radius 2 is 2.30 bits per heavy atom. The van der Waals surface area contributed by atoms with E-state index in [1.165, 1.54) is 11.6 Å². The normalized spacial score (nSPS) is 19.2. The van der Waals surface area contributed by atoms with Crippen LogP contribution in [0.4, 0.5) is 5.95 Å². The van der Waals surface area contributed by atoms with E-state index >= 15 is 0 Å². The molecule has 8 heteroatoms. The maximum Gasteiger partial charge on any atom is 0.280 e. The van der Waals surface area contributed by atoms with Gasteiger partial charge in [0.05, 0.1) is 0 Å². The zero-order chi connectivity index (χ0) is 14.3. The molecule has 0 bridgehead atoms. The fraction of sp³-hybridized carbons (Fsp3) is 0.500. The van der Waals surface area contributed by atoms with Crippen LogP contribution in [0.1, 0.15) is 18.7 Å². The Balaban J connectivity index is 2.09. The molecule has 3 N–H and O–H groups in total. The van der Waals surface area contributed by atoms with Crippen LogP contribution in [-0.2, 0) is 7.05 Å². The number of H-pyrrole nitrogens is 1. The average molecular weight is 273 g/mol. The first kappa shape index (κ1) is 12.6. The lowest BCUT2D eigenvalue weighted by atomic mass is 10.1. The number of nitrogens with one attached hydrogen (secondary N) is 1. The number of hydrogen-bond acceptors (Lipinski definition) is 6. The van der Waals surface area contributed by atoms with Crippen molar-refractivity contribution in [3.63, 3.8) is 0 Å². The average Bonchev–Trinajstić information content (AvgIpc) is 2.87. The first-order valence-corrected chi connectivity index (χ1v) is 6.47. The van der Waals surface area contributed by atoms with Crippen molar-refractivity contribution in [2.45, 2.75) is 18.9 Å². The summed E-state index contributed by atoms with van der Waals surface area (Å²) in [6.07, 6.45) is 1.99. The maximum absolute atomic E-state index is 12.1. The number of anilines is 1. The van der Waals surface area contributed by atoms with Crippen molar-refractivity contribution in [2.75, 3.05) is 18.0 Å². The van der Waals surface area contributed by atoms with Crippen LogP contribution in [0.2, 0.25) is 0 Å². The van der Waals surface area contributed by atoms with Gasteiger partial charge in [-0.05, 0) is 12.8 Å². The van der Waals surface area contributed by atoms with E-state index < -0.39 is 0 Å². The zero-order valence-electron chi connectivity index (χ0n) is 11.1. The number of hydrogen-bond donors (Lipinski definition) is 2. The molecule has 0 amide bonds. The van der Waals surface area contributed by atoms with Crippen molar-refractivity contribution in [1.29, 1.82) is 5.26 Å². The van der Waals surface area contributed by atoms with E-state index in [1.54, 1.807) is 0 Å². The molecule has 0 radical (unpaired) electrons. The summed E-state index contributed by atoms with van der Waals surface area (Å²) in [6, 6.07) is 2.00. The van der Waals surface area contributed by atoms with Crippen LogP contribution in [0.5, 0.6) is 0 Å². The highest BCUT2D eigenvalue weighted by molar-refractivity contribution is 5.73. The minimum Gasteiger partial charge on any atom is -0.341 e. The minimum absolute atomic E-state index is 0.0518. The number of imidazole rings is 1. The van der Waals surface area contributed by atoms with Crippen LogP contribution in [0.3, 0.4) is 0 Å². The number of nitriles is 1. The molecule has 3 heterocycles. The molecule has 1 unspecified atom stereocenters. The molecule has 2 aromatic heterocycles. The molecule has 2 aromatic rings. The predicted molar refractivity (Wildman–Crippen MR) is 73.3 cm³/mol. The third kappa shape index (κ3) is 1.92. The molecular weight excluding hydrogens is 258 g/mol. The van der Waals surface area contributed by atoms with Gasteiger partial charge < -0.3 is 15.6 Å². The van der Waals surface area contributed by atoms with Crippen LogP contribution >= 0.6 is 0 Å². The Kier molecular flexibility index (Phi) is 2.91. The molecule has 3 rings (SSSR count). The van der Waals surface area contributed by atoms with E-state index in [0.29, 0.717) is 18.0 Å². The molecular formula is C12H15N7O. The topological polar surface area (TPSA) is 117 Å². The summed E-state index contributed by atoms with van der Waals surface area (Å²) in [5.74, 6) is 0.644. The number of nitrogens with two attached hydrogens (primary N) is 1. The van der Waals surface area contributed by atoms with Gasteiger partial charge in [-0.2, -0.15) is 15.2 Å². The Labute approximate surface area is 114 Å². The zero-order valence-corrected chi connectivity index (χ0v) is 11.1. The first-order chi connectivity index (χ1) is 9.60. The summed E-state index contributed by atoms with van der Waals surface area (Å²) in [5.41, 5.74) is 6.25. The Morgan fingerprint density at radius 1 is 1.50 bits per heavy atom. The summed E-state index contributed by atoms with van der Waals surface area (Å²) >= 11 is 0. The fourth-order valence-corrected chi connectivity index (χ4v) is 2.47. The molecule has 1 saturated heterocycles. The molecule has 0 aliphatic carbocycles. The lowest BCUT2D eigenvalue weighted by Gasteiger charge is -2.30. The fourth-order valence-electron chi connectivity index (χ4n) is 2.47. The highest BCUT2D eigenvalue weighted by Crippen LogP contribution is 2.18. The lowest BCUT2D eigenvalue weighted by Crippen LogP contribution is -2.43. The van der Waals surface area contributed by atoms with Crippen molar-refractivity contribution in [2.24, 2.45) is 12.8 Å². The van der Waals surface area contributed by atoms with Gasteiger partial charge in [0.2, 0.25) is 11.8 Å². The number of aromatic nitrogens is 4. The second-order valence-electron chi connectivity index (χ2n) is 5.02. The number of piperidine rings is 1. The van der Waals surface area contributed by atoms with Crippen molar-refractivity contribution in [1.82, 2.24) is 19.5 Å². The Bertz CT molecular complexity index is 753. The second-order valence-corrected chi connectivity index (χ2v) is 5.02. The molecule has 0 spiro atoms. The number of aromatic amines is 1. The molecule has 1 aliphatic heterocycles. The molecule has 104 valence electrons. The van der Waals surface area contributed by atoms with Crippen molar-refractivity contribution < 1.29 is 0 Å². The van der Waals surface area contributed by atoms with E-state index in [-0.39, 0.29) is 23.1 Å². The number of rotatable bonds is 1.